The predicted molar refractivity (Wildman–Crippen MR) is 96.4 cm³/mol. The molecule has 2 heterocycles. The van der Waals surface area contributed by atoms with Crippen molar-refractivity contribution in [3.05, 3.63) is 28.7 Å². The summed E-state index contributed by atoms with van der Waals surface area (Å²) in [6.07, 6.45) is 0. The Morgan fingerprint density at radius 2 is 1.92 bits per heavy atom. The predicted octanol–water partition coefficient (Wildman–Crippen LogP) is 2.79. The molecular weight excluding hydrogens is 302 g/mol. The van der Waals surface area contributed by atoms with E-state index >= 15 is 0 Å². The molecule has 0 aromatic carbocycles. The summed E-state index contributed by atoms with van der Waals surface area (Å²) in [6.45, 7) is 13.3. The Hall–Kier alpha value is -1.82. The SMILES string of the molecule is COc1c(CNCC(C)Cn2nc(C)cc2C)c(C(C)C)nn1C. The van der Waals surface area contributed by atoms with E-state index in [0.717, 1.165) is 42.5 Å². The van der Waals surface area contributed by atoms with E-state index in [9.17, 15) is 0 Å². The Morgan fingerprint density at radius 1 is 1.21 bits per heavy atom. The second kappa shape index (κ2) is 7.83. The minimum absolute atomic E-state index is 0.379. The molecule has 0 saturated carbocycles. The molecule has 0 aliphatic heterocycles. The Balaban J connectivity index is 1.95. The maximum absolute atomic E-state index is 5.52. The van der Waals surface area contributed by atoms with Crippen LogP contribution in [0.2, 0.25) is 0 Å². The topological polar surface area (TPSA) is 56.9 Å². The fraction of sp³-hybridized carbons (Fsp3) is 0.667. The number of methoxy groups -OCH3 is 1. The third kappa shape index (κ3) is 4.17. The van der Waals surface area contributed by atoms with E-state index in [-0.39, 0.29) is 0 Å². The molecule has 0 fully saturated rings. The van der Waals surface area contributed by atoms with Crippen molar-refractivity contribution >= 4 is 0 Å². The largest absolute Gasteiger partial charge is 0.481 e. The van der Waals surface area contributed by atoms with Gasteiger partial charge in [0.25, 0.3) is 0 Å². The van der Waals surface area contributed by atoms with Crippen LogP contribution in [0.5, 0.6) is 5.88 Å². The summed E-state index contributed by atoms with van der Waals surface area (Å²) in [5.74, 6) is 1.72. The summed E-state index contributed by atoms with van der Waals surface area (Å²) in [5, 5.41) is 12.7. The number of nitrogens with one attached hydrogen (secondary N) is 1. The fourth-order valence-electron chi connectivity index (χ4n) is 3.12. The van der Waals surface area contributed by atoms with E-state index in [2.05, 4.69) is 54.0 Å². The van der Waals surface area contributed by atoms with Crippen molar-refractivity contribution in [3.63, 3.8) is 0 Å². The Labute approximate surface area is 145 Å². The normalized spacial score (nSPS) is 12.8. The number of hydrogen-bond acceptors (Lipinski definition) is 4. The maximum atomic E-state index is 5.52. The van der Waals surface area contributed by atoms with E-state index in [1.807, 2.05) is 18.7 Å². The molecule has 0 spiro atoms. The number of ether oxygens (including phenoxy) is 1. The summed E-state index contributed by atoms with van der Waals surface area (Å²) in [5.41, 5.74) is 4.56. The summed E-state index contributed by atoms with van der Waals surface area (Å²) >= 11 is 0. The molecule has 6 nitrogen and oxygen atoms in total. The maximum Gasteiger partial charge on any atom is 0.216 e. The highest BCUT2D eigenvalue weighted by molar-refractivity contribution is 5.33. The third-order valence-electron chi connectivity index (χ3n) is 4.24. The first-order valence-electron chi connectivity index (χ1n) is 8.65. The molecule has 0 amide bonds. The quantitative estimate of drug-likeness (QED) is 0.807. The molecule has 134 valence electrons. The third-order valence-corrected chi connectivity index (χ3v) is 4.24. The van der Waals surface area contributed by atoms with E-state index in [0.29, 0.717) is 11.8 Å². The zero-order valence-electron chi connectivity index (χ0n) is 16.1. The Bertz CT molecular complexity index is 671. The molecule has 1 N–H and O–H groups in total. The van der Waals surface area contributed by atoms with Crippen LogP contribution in [0.15, 0.2) is 6.07 Å². The van der Waals surface area contributed by atoms with Crippen LogP contribution in [-0.4, -0.2) is 33.2 Å². The van der Waals surface area contributed by atoms with Gasteiger partial charge in [0.2, 0.25) is 5.88 Å². The van der Waals surface area contributed by atoms with Crippen molar-refractivity contribution in [3.8, 4) is 5.88 Å². The van der Waals surface area contributed by atoms with Crippen LogP contribution < -0.4 is 10.1 Å². The molecule has 0 radical (unpaired) electrons. The molecule has 1 unspecified atom stereocenters. The van der Waals surface area contributed by atoms with Crippen molar-refractivity contribution in [2.45, 2.75) is 53.6 Å². The standard InChI is InChI=1S/C18H31N5O/c1-12(2)17-16(18(24-7)22(6)21-17)10-19-9-13(3)11-23-15(5)8-14(4)20-23/h8,12-13,19H,9-11H2,1-7H3. The van der Waals surface area contributed by atoms with E-state index in [1.165, 1.54) is 5.69 Å². The average Bonchev–Trinajstić information content (AvgIpc) is 2.98. The van der Waals surface area contributed by atoms with Gasteiger partial charge in [-0.2, -0.15) is 10.2 Å². The molecule has 0 saturated heterocycles. The average molecular weight is 333 g/mol. The first kappa shape index (κ1) is 18.5. The molecule has 24 heavy (non-hydrogen) atoms. The van der Waals surface area contributed by atoms with Crippen molar-refractivity contribution in [1.82, 2.24) is 24.9 Å². The Kier molecular flexibility index (Phi) is 6.04. The number of nitrogens with zero attached hydrogens (tertiary/aromatic N) is 4. The number of hydrogen-bond donors (Lipinski definition) is 1. The van der Waals surface area contributed by atoms with Crippen LogP contribution in [0.3, 0.4) is 0 Å². The van der Waals surface area contributed by atoms with Crippen LogP contribution in [-0.2, 0) is 20.1 Å². The molecule has 1 atom stereocenters. The number of aromatic nitrogens is 4. The fourth-order valence-corrected chi connectivity index (χ4v) is 3.12. The lowest BCUT2D eigenvalue weighted by atomic mass is 10.1. The molecule has 0 bridgehead atoms. The lowest BCUT2D eigenvalue weighted by Crippen LogP contribution is -2.25. The molecule has 2 aromatic heterocycles. The summed E-state index contributed by atoms with van der Waals surface area (Å²) in [7, 11) is 3.63. The van der Waals surface area contributed by atoms with Crippen LogP contribution in [0.4, 0.5) is 0 Å². The minimum atomic E-state index is 0.379. The molecule has 6 heteroatoms. The van der Waals surface area contributed by atoms with Gasteiger partial charge < -0.3 is 10.1 Å². The van der Waals surface area contributed by atoms with Gasteiger partial charge in [0.05, 0.1) is 24.1 Å². The van der Waals surface area contributed by atoms with Crippen LogP contribution in [0.1, 0.15) is 49.3 Å². The molecular formula is C18H31N5O. The van der Waals surface area contributed by atoms with Gasteiger partial charge in [-0.1, -0.05) is 20.8 Å². The zero-order valence-corrected chi connectivity index (χ0v) is 16.1. The first-order chi connectivity index (χ1) is 11.3. The van der Waals surface area contributed by atoms with Gasteiger partial charge in [0.15, 0.2) is 0 Å². The van der Waals surface area contributed by atoms with Gasteiger partial charge in [0.1, 0.15) is 0 Å². The van der Waals surface area contributed by atoms with Gasteiger partial charge in [-0.3, -0.25) is 4.68 Å². The van der Waals surface area contributed by atoms with Crippen LogP contribution in [0, 0.1) is 19.8 Å². The van der Waals surface area contributed by atoms with Crippen LogP contribution >= 0.6 is 0 Å². The lowest BCUT2D eigenvalue weighted by molar-refractivity contribution is 0.365. The summed E-state index contributed by atoms with van der Waals surface area (Å²) in [6, 6.07) is 2.12. The molecule has 0 aliphatic rings. The lowest BCUT2D eigenvalue weighted by Gasteiger charge is -2.15. The highest BCUT2D eigenvalue weighted by atomic mass is 16.5. The van der Waals surface area contributed by atoms with Gasteiger partial charge >= 0.3 is 0 Å². The minimum Gasteiger partial charge on any atom is -0.481 e. The van der Waals surface area contributed by atoms with Crippen LogP contribution in [0.25, 0.3) is 0 Å². The molecule has 2 aromatic rings. The first-order valence-corrected chi connectivity index (χ1v) is 8.65. The highest BCUT2D eigenvalue weighted by Crippen LogP contribution is 2.26. The van der Waals surface area contributed by atoms with Crippen molar-refractivity contribution in [2.75, 3.05) is 13.7 Å². The highest BCUT2D eigenvalue weighted by Gasteiger charge is 2.19. The van der Waals surface area contributed by atoms with E-state index in [4.69, 9.17) is 4.74 Å². The zero-order chi connectivity index (χ0) is 17.9. The monoisotopic (exact) mass is 333 g/mol. The van der Waals surface area contributed by atoms with Crippen molar-refractivity contribution in [2.24, 2.45) is 13.0 Å². The van der Waals surface area contributed by atoms with Crippen molar-refractivity contribution in [1.29, 1.82) is 0 Å². The van der Waals surface area contributed by atoms with E-state index < -0.39 is 0 Å². The van der Waals surface area contributed by atoms with Crippen molar-refractivity contribution < 1.29 is 4.74 Å². The van der Waals surface area contributed by atoms with Gasteiger partial charge in [-0.15, -0.1) is 0 Å². The second-order valence-electron chi connectivity index (χ2n) is 7.00. The summed E-state index contributed by atoms with van der Waals surface area (Å²) in [4.78, 5) is 0. The summed E-state index contributed by atoms with van der Waals surface area (Å²) < 4.78 is 9.44. The smallest absolute Gasteiger partial charge is 0.216 e. The van der Waals surface area contributed by atoms with Gasteiger partial charge in [-0.05, 0) is 38.3 Å². The van der Waals surface area contributed by atoms with Gasteiger partial charge in [-0.25, -0.2) is 4.68 Å². The molecule has 0 aliphatic carbocycles. The second-order valence-corrected chi connectivity index (χ2v) is 7.00. The number of aryl methyl sites for hydroxylation is 3. The Morgan fingerprint density at radius 3 is 2.46 bits per heavy atom. The number of rotatable bonds is 8. The van der Waals surface area contributed by atoms with E-state index in [1.54, 1.807) is 7.11 Å². The molecule has 2 rings (SSSR count). The van der Waals surface area contributed by atoms with Gasteiger partial charge in [0, 0.05) is 25.8 Å².